The third kappa shape index (κ3) is 1.95. The van der Waals surface area contributed by atoms with Gasteiger partial charge in [0.05, 0.1) is 5.69 Å². The maximum atomic E-state index is 12.7. The molecule has 1 rings (SSSR count). The molecule has 0 aliphatic heterocycles. The summed E-state index contributed by atoms with van der Waals surface area (Å²) in [5.41, 5.74) is 3.57. The van der Waals surface area contributed by atoms with Gasteiger partial charge in [0.1, 0.15) is 11.5 Å². The fourth-order valence-corrected chi connectivity index (χ4v) is 0.817. The molecule has 2 nitrogen and oxygen atoms in total. The standard InChI is InChI=1S/C7H6F4N2/c8-3-1-4(9)6(7(10)11)13-5(3)2-12/h1,7H,2,12H2. The van der Waals surface area contributed by atoms with Crippen molar-refractivity contribution in [2.75, 3.05) is 0 Å². The second-order valence-electron chi connectivity index (χ2n) is 2.29. The summed E-state index contributed by atoms with van der Waals surface area (Å²) >= 11 is 0. The first kappa shape index (κ1) is 9.91. The molecule has 0 aromatic carbocycles. The van der Waals surface area contributed by atoms with Crippen LogP contribution in [0.3, 0.4) is 0 Å². The topological polar surface area (TPSA) is 38.9 Å². The Balaban J connectivity index is 3.22. The zero-order chi connectivity index (χ0) is 10.0. The van der Waals surface area contributed by atoms with Gasteiger partial charge in [-0.25, -0.2) is 22.5 Å². The molecule has 13 heavy (non-hydrogen) atoms. The summed E-state index contributed by atoms with van der Waals surface area (Å²) in [6.45, 7) is -0.341. The van der Waals surface area contributed by atoms with Crippen LogP contribution in [-0.2, 0) is 6.54 Å². The number of halogens is 4. The molecule has 0 amide bonds. The highest BCUT2D eigenvalue weighted by Gasteiger charge is 2.18. The average Bonchev–Trinajstić information content (AvgIpc) is 2.03. The monoisotopic (exact) mass is 194 g/mol. The molecule has 0 spiro atoms. The van der Waals surface area contributed by atoms with Gasteiger partial charge in [0.25, 0.3) is 6.43 Å². The molecule has 2 N–H and O–H groups in total. The van der Waals surface area contributed by atoms with E-state index in [1.54, 1.807) is 0 Å². The fraction of sp³-hybridized carbons (Fsp3) is 0.286. The Morgan fingerprint density at radius 1 is 1.31 bits per heavy atom. The molecule has 0 fully saturated rings. The van der Waals surface area contributed by atoms with E-state index in [9.17, 15) is 17.6 Å². The molecule has 0 aliphatic carbocycles. The highest BCUT2D eigenvalue weighted by Crippen LogP contribution is 2.21. The van der Waals surface area contributed by atoms with Gasteiger partial charge in [0.15, 0.2) is 5.82 Å². The summed E-state index contributed by atoms with van der Waals surface area (Å²) in [5.74, 6) is -2.37. The van der Waals surface area contributed by atoms with Crippen LogP contribution >= 0.6 is 0 Å². The zero-order valence-corrected chi connectivity index (χ0v) is 6.40. The van der Waals surface area contributed by atoms with E-state index < -0.39 is 23.8 Å². The molecular weight excluding hydrogens is 188 g/mol. The molecule has 1 aromatic heterocycles. The lowest BCUT2D eigenvalue weighted by molar-refractivity contribution is 0.140. The number of pyridine rings is 1. The lowest BCUT2D eigenvalue weighted by Gasteiger charge is -2.04. The van der Waals surface area contributed by atoms with Gasteiger partial charge in [0, 0.05) is 12.6 Å². The molecule has 1 aromatic rings. The summed E-state index contributed by atoms with van der Waals surface area (Å²) in [7, 11) is 0. The van der Waals surface area contributed by atoms with Gasteiger partial charge in [-0.3, -0.25) is 0 Å². The Bertz CT molecular complexity index is 314. The molecule has 72 valence electrons. The number of rotatable bonds is 2. The van der Waals surface area contributed by atoms with E-state index in [-0.39, 0.29) is 12.2 Å². The summed E-state index contributed by atoms with van der Waals surface area (Å²) in [4.78, 5) is 3.06. The number of nitrogens with zero attached hydrogens (tertiary/aromatic N) is 1. The number of alkyl halides is 2. The average molecular weight is 194 g/mol. The van der Waals surface area contributed by atoms with Crippen LogP contribution in [0, 0.1) is 11.6 Å². The largest absolute Gasteiger partial charge is 0.325 e. The lowest BCUT2D eigenvalue weighted by Crippen LogP contribution is -2.07. The molecule has 0 saturated carbocycles. The van der Waals surface area contributed by atoms with Crippen molar-refractivity contribution in [1.29, 1.82) is 0 Å². The van der Waals surface area contributed by atoms with E-state index in [0.717, 1.165) is 0 Å². The van der Waals surface area contributed by atoms with Gasteiger partial charge in [-0.05, 0) is 0 Å². The SMILES string of the molecule is NCc1nc(C(F)F)c(F)cc1F. The molecule has 0 bridgehead atoms. The van der Waals surface area contributed by atoms with Crippen molar-refractivity contribution in [2.45, 2.75) is 13.0 Å². The van der Waals surface area contributed by atoms with Crippen molar-refractivity contribution in [1.82, 2.24) is 4.98 Å². The molecule has 0 aliphatic rings. The van der Waals surface area contributed by atoms with Crippen molar-refractivity contribution in [2.24, 2.45) is 5.73 Å². The summed E-state index contributed by atoms with van der Waals surface area (Å²) < 4.78 is 49.3. The van der Waals surface area contributed by atoms with Crippen molar-refractivity contribution in [3.63, 3.8) is 0 Å². The van der Waals surface area contributed by atoms with Crippen LogP contribution in [-0.4, -0.2) is 4.98 Å². The third-order valence-electron chi connectivity index (χ3n) is 1.43. The van der Waals surface area contributed by atoms with E-state index in [4.69, 9.17) is 5.73 Å². The highest BCUT2D eigenvalue weighted by molar-refractivity contribution is 5.16. The van der Waals surface area contributed by atoms with Crippen LogP contribution in [0.4, 0.5) is 17.6 Å². The number of aromatic nitrogens is 1. The molecule has 0 radical (unpaired) electrons. The Morgan fingerprint density at radius 3 is 2.38 bits per heavy atom. The number of hydrogen-bond donors (Lipinski definition) is 1. The Labute approximate surface area is 71.4 Å². The van der Waals surface area contributed by atoms with Crippen LogP contribution in [0.2, 0.25) is 0 Å². The quantitative estimate of drug-likeness (QED) is 0.728. The van der Waals surface area contributed by atoms with Crippen molar-refractivity contribution in [3.05, 3.63) is 29.1 Å². The predicted molar refractivity (Wildman–Crippen MR) is 37.0 cm³/mol. The zero-order valence-electron chi connectivity index (χ0n) is 6.40. The molecule has 0 atom stereocenters. The van der Waals surface area contributed by atoms with E-state index >= 15 is 0 Å². The highest BCUT2D eigenvalue weighted by atomic mass is 19.3. The van der Waals surface area contributed by atoms with Crippen LogP contribution in [0.15, 0.2) is 6.07 Å². The maximum absolute atomic E-state index is 12.7. The van der Waals surface area contributed by atoms with E-state index in [1.807, 2.05) is 0 Å². The van der Waals surface area contributed by atoms with Crippen molar-refractivity contribution >= 4 is 0 Å². The molecule has 0 saturated heterocycles. The maximum Gasteiger partial charge on any atom is 0.283 e. The summed E-state index contributed by atoms with van der Waals surface area (Å²) in [6, 6.07) is 0.358. The molecular formula is C7H6F4N2. The minimum atomic E-state index is -3.06. The first-order valence-corrected chi connectivity index (χ1v) is 3.39. The smallest absolute Gasteiger partial charge is 0.283 e. The fourth-order valence-electron chi connectivity index (χ4n) is 0.817. The van der Waals surface area contributed by atoms with Crippen molar-refractivity contribution in [3.8, 4) is 0 Å². The molecule has 0 unspecified atom stereocenters. The van der Waals surface area contributed by atoms with Gasteiger partial charge in [-0.15, -0.1) is 0 Å². The predicted octanol–water partition coefficient (Wildman–Crippen LogP) is 1.76. The van der Waals surface area contributed by atoms with E-state index in [0.29, 0.717) is 6.07 Å². The minimum absolute atomic E-state index is 0.341. The van der Waals surface area contributed by atoms with E-state index in [2.05, 4.69) is 4.98 Å². The Hall–Kier alpha value is -1.17. The van der Waals surface area contributed by atoms with Crippen molar-refractivity contribution < 1.29 is 17.6 Å². The van der Waals surface area contributed by atoms with Gasteiger partial charge in [-0.2, -0.15) is 0 Å². The van der Waals surface area contributed by atoms with Crippen LogP contribution in [0.5, 0.6) is 0 Å². The normalized spacial score (nSPS) is 10.9. The third-order valence-corrected chi connectivity index (χ3v) is 1.43. The van der Waals surface area contributed by atoms with Gasteiger partial charge < -0.3 is 5.73 Å². The number of nitrogens with two attached hydrogens (primary N) is 1. The summed E-state index contributed by atoms with van der Waals surface area (Å²) in [5, 5.41) is 0. The Kier molecular flexibility index (Phi) is 2.82. The molecule has 6 heteroatoms. The molecule has 1 heterocycles. The summed E-state index contributed by atoms with van der Waals surface area (Å²) in [6.07, 6.45) is -3.06. The van der Waals surface area contributed by atoms with Crippen LogP contribution in [0.1, 0.15) is 17.8 Å². The number of hydrogen-bond acceptors (Lipinski definition) is 2. The lowest BCUT2D eigenvalue weighted by atomic mass is 10.2. The van der Waals surface area contributed by atoms with Gasteiger partial charge >= 0.3 is 0 Å². The first-order chi connectivity index (χ1) is 6.06. The van der Waals surface area contributed by atoms with Crippen LogP contribution < -0.4 is 5.73 Å². The second-order valence-corrected chi connectivity index (χ2v) is 2.29. The van der Waals surface area contributed by atoms with Crippen LogP contribution in [0.25, 0.3) is 0 Å². The van der Waals surface area contributed by atoms with E-state index in [1.165, 1.54) is 0 Å². The van der Waals surface area contributed by atoms with Gasteiger partial charge in [-0.1, -0.05) is 0 Å². The van der Waals surface area contributed by atoms with Gasteiger partial charge in [0.2, 0.25) is 0 Å². The minimum Gasteiger partial charge on any atom is -0.325 e. The first-order valence-electron chi connectivity index (χ1n) is 3.39. The second kappa shape index (κ2) is 3.69. The Morgan fingerprint density at radius 2 is 1.92 bits per heavy atom.